The number of fused-ring (bicyclic) bond motifs is 2. The number of piperazine rings is 1. The Morgan fingerprint density at radius 3 is 2.65 bits per heavy atom. The van der Waals surface area contributed by atoms with Gasteiger partial charge in [-0.3, -0.25) is 18.8 Å². The number of nitrogens with one attached hydrogen (secondary N) is 2. The van der Waals surface area contributed by atoms with Crippen molar-refractivity contribution in [3.8, 4) is 0 Å². The van der Waals surface area contributed by atoms with Gasteiger partial charge in [-0.2, -0.15) is 0 Å². The van der Waals surface area contributed by atoms with E-state index in [2.05, 4.69) is 10.6 Å². The van der Waals surface area contributed by atoms with Crippen molar-refractivity contribution in [1.29, 1.82) is 0 Å². The Bertz CT molecular complexity index is 1370. The lowest BCUT2D eigenvalue weighted by molar-refractivity contribution is -0.122. The first-order chi connectivity index (χ1) is 22.0. The van der Waals surface area contributed by atoms with E-state index in [-0.39, 0.29) is 41.8 Å². The molecule has 3 heterocycles. The van der Waals surface area contributed by atoms with Gasteiger partial charge in [0.25, 0.3) is 0 Å². The van der Waals surface area contributed by atoms with E-state index in [4.69, 9.17) is 4.74 Å². The molecular weight excluding hydrogens is 618 g/mol. The summed E-state index contributed by atoms with van der Waals surface area (Å²) < 4.78 is 58.8. The van der Waals surface area contributed by atoms with Crippen molar-refractivity contribution in [1.82, 2.24) is 14.5 Å². The van der Waals surface area contributed by atoms with Gasteiger partial charge in [-0.05, 0) is 80.7 Å². The first kappa shape index (κ1) is 34.5. The topological polar surface area (TPSA) is 135 Å². The van der Waals surface area contributed by atoms with E-state index in [0.717, 1.165) is 17.7 Å². The standard InChI is InChI=1S/C33H46F2N4O6S/c1-3-26-18-22(15-16-45-26)30(21-9-11-23(34)12-10-21)31(38(2)33(41)42)32(40)37-29-8-4-7-28(35)27(29)14-13-25-19-36-24-6-5-17-46(43,44)39(25)20-24/h4,7-12,22,24-26,30-31,36,43-44H,3,5-6,13-20H2,1-2H3,(H,37,40)(H,41,42)/t22-,24+,25-,26-,30-,31-/m0/s1. The maximum atomic E-state index is 15.4. The van der Waals surface area contributed by atoms with Crippen molar-refractivity contribution in [2.75, 3.05) is 37.8 Å². The van der Waals surface area contributed by atoms with Gasteiger partial charge in [-0.25, -0.2) is 17.9 Å². The highest BCUT2D eigenvalue weighted by molar-refractivity contribution is 8.22. The minimum atomic E-state index is -2.93. The average molecular weight is 665 g/mol. The molecule has 7 atom stereocenters. The Balaban J connectivity index is 1.43. The number of rotatable bonds is 10. The highest BCUT2D eigenvalue weighted by atomic mass is 32.3. The quantitative estimate of drug-likeness (QED) is 0.212. The number of benzene rings is 2. The summed E-state index contributed by atoms with van der Waals surface area (Å²) in [6, 6.07) is 8.93. The van der Waals surface area contributed by atoms with Crippen LogP contribution < -0.4 is 10.6 Å². The zero-order valence-electron chi connectivity index (χ0n) is 26.4. The Kier molecular flexibility index (Phi) is 11.2. The zero-order valence-corrected chi connectivity index (χ0v) is 27.2. The molecule has 0 aliphatic carbocycles. The number of ether oxygens (including phenoxy) is 1. The van der Waals surface area contributed by atoms with Gasteiger partial charge in [-0.1, -0.05) is 25.1 Å². The van der Waals surface area contributed by atoms with Crippen LogP contribution in [-0.2, 0) is 16.0 Å². The maximum Gasteiger partial charge on any atom is 0.407 e. The van der Waals surface area contributed by atoms with Crippen LogP contribution in [-0.4, -0.2) is 92.1 Å². The third-order valence-electron chi connectivity index (χ3n) is 9.85. The van der Waals surface area contributed by atoms with E-state index < -0.39 is 46.4 Å². The fourth-order valence-electron chi connectivity index (χ4n) is 7.34. The lowest BCUT2D eigenvalue weighted by Gasteiger charge is -2.49. The molecule has 0 saturated carbocycles. The Morgan fingerprint density at radius 1 is 1.17 bits per heavy atom. The van der Waals surface area contributed by atoms with Crippen LogP contribution in [0, 0.1) is 17.6 Å². The smallest absolute Gasteiger partial charge is 0.407 e. The summed E-state index contributed by atoms with van der Waals surface area (Å²) >= 11 is 0. The second-order valence-electron chi connectivity index (χ2n) is 12.7. The number of amides is 2. The third-order valence-corrected chi connectivity index (χ3v) is 11.9. The van der Waals surface area contributed by atoms with E-state index in [1.54, 1.807) is 22.5 Å². The van der Waals surface area contributed by atoms with Crippen LogP contribution in [0.3, 0.4) is 0 Å². The van der Waals surface area contributed by atoms with Gasteiger partial charge in [0, 0.05) is 56.0 Å². The lowest BCUT2D eigenvalue weighted by atomic mass is 9.74. The molecule has 0 aromatic heterocycles. The number of nitrogens with zero attached hydrogens (tertiary/aromatic N) is 2. The van der Waals surface area contributed by atoms with Gasteiger partial charge in [0.15, 0.2) is 0 Å². The average Bonchev–Trinajstić information content (AvgIpc) is 3.15. The van der Waals surface area contributed by atoms with Gasteiger partial charge < -0.3 is 20.5 Å². The molecule has 3 aliphatic rings. The summed E-state index contributed by atoms with van der Waals surface area (Å²) in [6.07, 6.45) is 2.80. The predicted molar refractivity (Wildman–Crippen MR) is 174 cm³/mol. The van der Waals surface area contributed by atoms with Crippen LogP contribution in [0.15, 0.2) is 42.5 Å². The van der Waals surface area contributed by atoms with Crippen LogP contribution in [0.5, 0.6) is 0 Å². The van der Waals surface area contributed by atoms with Crippen LogP contribution in [0.25, 0.3) is 0 Å². The first-order valence-electron chi connectivity index (χ1n) is 16.2. The van der Waals surface area contributed by atoms with Gasteiger partial charge in [0.05, 0.1) is 11.9 Å². The Morgan fingerprint density at radius 2 is 1.93 bits per heavy atom. The minimum absolute atomic E-state index is 0.0532. The van der Waals surface area contributed by atoms with Crippen molar-refractivity contribution >= 4 is 28.5 Å². The molecule has 2 amide bonds. The molecule has 13 heteroatoms. The molecule has 2 bridgehead atoms. The predicted octanol–water partition coefficient (Wildman–Crippen LogP) is 5.91. The van der Waals surface area contributed by atoms with Gasteiger partial charge in [-0.15, -0.1) is 10.8 Å². The molecule has 3 aliphatic heterocycles. The zero-order chi connectivity index (χ0) is 33.0. The number of halogens is 2. The Labute approximate surface area is 271 Å². The number of likely N-dealkylation sites (N-methyl/N-ethyl adjacent to an activating group) is 1. The van der Waals surface area contributed by atoms with Crippen molar-refractivity contribution in [2.24, 2.45) is 5.92 Å². The molecule has 46 heavy (non-hydrogen) atoms. The van der Waals surface area contributed by atoms with E-state index in [9.17, 15) is 28.2 Å². The fourth-order valence-corrected chi connectivity index (χ4v) is 9.20. The molecule has 5 rings (SSSR count). The number of anilines is 1. The summed E-state index contributed by atoms with van der Waals surface area (Å²) in [5.74, 6) is -2.02. The van der Waals surface area contributed by atoms with Gasteiger partial charge >= 0.3 is 6.09 Å². The first-order valence-corrected chi connectivity index (χ1v) is 17.8. The second-order valence-corrected chi connectivity index (χ2v) is 14.9. The molecule has 0 spiro atoms. The molecule has 5 N–H and O–H groups in total. The van der Waals surface area contributed by atoms with E-state index in [1.807, 2.05) is 6.92 Å². The number of hydrogen-bond donors (Lipinski definition) is 5. The largest absolute Gasteiger partial charge is 0.465 e. The molecule has 0 radical (unpaired) electrons. The summed E-state index contributed by atoms with van der Waals surface area (Å²) in [5.41, 5.74) is 1.13. The fraction of sp³-hybridized carbons (Fsp3) is 0.576. The summed E-state index contributed by atoms with van der Waals surface area (Å²) in [5, 5.41) is 16.5. The number of hydrogen-bond acceptors (Lipinski definition) is 7. The van der Waals surface area contributed by atoms with Crippen molar-refractivity contribution in [2.45, 2.75) is 82.0 Å². The molecule has 2 aromatic carbocycles. The van der Waals surface area contributed by atoms with Gasteiger partial charge in [0.2, 0.25) is 5.91 Å². The summed E-state index contributed by atoms with van der Waals surface area (Å²) in [4.78, 5) is 27.6. The maximum absolute atomic E-state index is 15.4. The minimum Gasteiger partial charge on any atom is -0.465 e. The van der Waals surface area contributed by atoms with Crippen molar-refractivity contribution in [3.05, 3.63) is 65.2 Å². The molecule has 254 valence electrons. The highest BCUT2D eigenvalue weighted by Crippen LogP contribution is 2.49. The van der Waals surface area contributed by atoms with E-state index >= 15 is 4.39 Å². The molecule has 3 fully saturated rings. The Hall–Kier alpha value is -2.81. The van der Waals surface area contributed by atoms with Crippen LogP contribution >= 0.6 is 10.8 Å². The van der Waals surface area contributed by atoms with Crippen LogP contribution in [0.1, 0.15) is 62.5 Å². The second kappa shape index (κ2) is 15.0. The van der Waals surface area contributed by atoms with E-state index in [1.165, 1.54) is 31.3 Å². The normalized spacial score (nSPS) is 27.9. The van der Waals surface area contributed by atoms with Crippen molar-refractivity contribution < 1.29 is 37.3 Å². The van der Waals surface area contributed by atoms with Gasteiger partial charge in [0.1, 0.15) is 17.7 Å². The monoisotopic (exact) mass is 664 g/mol. The van der Waals surface area contributed by atoms with E-state index in [0.29, 0.717) is 56.7 Å². The summed E-state index contributed by atoms with van der Waals surface area (Å²) in [6.45, 7) is 3.51. The lowest BCUT2D eigenvalue weighted by Crippen LogP contribution is -2.55. The molecular formula is C33H46F2N4O6S. The van der Waals surface area contributed by atoms with Crippen LogP contribution in [0.4, 0.5) is 19.3 Å². The molecule has 10 nitrogen and oxygen atoms in total. The molecule has 3 saturated heterocycles. The van der Waals surface area contributed by atoms with Crippen LogP contribution in [0.2, 0.25) is 0 Å². The SMILES string of the molecule is CC[C@H]1C[C@@H]([C@H](c2ccc(F)cc2)[C@@H](C(=O)Nc2cccc(F)c2CC[C@H]2CN[C@@H]3CCCS(O)(O)N2C3)N(C)C(=O)O)CCO1. The summed E-state index contributed by atoms with van der Waals surface area (Å²) in [7, 11) is -1.59. The highest BCUT2D eigenvalue weighted by Gasteiger charge is 2.42. The number of carbonyl (C=O) groups is 2. The van der Waals surface area contributed by atoms with Crippen molar-refractivity contribution in [3.63, 3.8) is 0 Å². The number of carboxylic acid groups (broad SMARTS) is 1. The molecule has 1 unspecified atom stereocenters. The third kappa shape index (κ3) is 7.83. The number of carbonyl (C=O) groups excluding carboxylic acids is 1. The molecule has 2 aromatic rings.